The van der Waals surface area contributed by atoms with Crippen molar-refractivity contribution in [2.75, 3.05) is 5.32 Å². The molecule has 0 aliphatic heterocycles. The molecule has 142 valence electrons. The summed E-state index contributed by atoms with van der Waals surface area (Å²) < 4.78 is 24.1. The number of hydrogen-bond acceptors (Lipinski definition) is 4. The van der Waals surface area contributed by atoms with Crippen LogP contribution < -0.4 is 10.5 Å². The van der Waals surface area contributed by atoms with E-state index in [9.17, 15) is 13.2 Å². The molecule has 0 atom stereocenters. The van der Waals surface area contributed by atoms with Crippen LogP contribution in [0.3, 0.4) is 0 Å². The molecule has 26 heavy (non-hydrogen) atoms. The van der Waals surface area contributed by atoms with Crippen LogP contribution in [-0.2, 0) is 33.5 Å². The van der Waals surface area contributed by atoms with Gasteiger partial charge in [0.15, 0.2) is 0 Å². The first-order valence-electron chi connectivity index (χ1n) is 8.47. The standard InChI is InChI=1S/C18H26N4O3S/c1-12(2)10-22-14(4)17(13(3)21-22)9-18(23)20-16-7-5-15(6-8-16)11-26(19,24)25/h5-8,12H,9-11H2,1-4H3,(H,20,23)(H2,19,24,25). The van der Waals surface area contributed by atoms with Gasteiger partial charge in [-0.15, -0.1) is 0 Å². The minimum Gasteiger partial charge on any atom is -0.326 e. The average Bonchev–Trinajstić information content (AvgIpc) is 2.75. The maximum atomic E-state index is 12.4. The SMILES string of the molecule is Cc1nn(CC(C)C)c(C)c1CC(=O)Nc1ccc(CS(N)(=O)=O)cc1. The third-order valence-corrected chi connectivity index (χ3v) is 4.75. The van der Waals surface area contributed by atoms with Crippen molar-refractivity contribution in [3.05, 3.63) is 46.8 Å². The van der Waals surface area contributed by atoms with Gasteiger partial charge in [-0.25, -0.2) is 13.6 Å². The predicted octanol–water partition coefficient (Wildman–Crippen LogP) is 2.13. The number of benzene rings is 1. The smallest absolute Gasteiger partial charge is 0.228 e. The van der Waals surface area contributed by atoms with Gasteiger partial charge in [0.05, 0.1) is 17.9 Å². The van der Waals surface area contributed by atoms with E-state index in [1.807, 2.05) is 18.5 Å². The highest BCUT2D eigenvalue weighted by molar-refractivity contribution is 7.88. The Morgan fingerprint density at radius 1 is 1.23 bits per heavy atom. The number of carbonyl (C=O) groups excluding carboxylic acids is 1. The molecule has 0 spiro atoms. The summed E-state index contributed by atoms with van der Waals surface area (Å²) in [5, 5.41) is 12.4. The van der Waals surface area contributed by atoms with E-state index in [-0.39, 0.29) is 18.1 Å². The molecule has 0 saturated heterocycles. The van der Waals surface area contributed by atoms with Gasteiger partial charge in [0.1, 0.15) is 0 Å². The van der Waals surface area contributed by atoms with Crippen molar-refractivity contribution in [1.29, 1.82) is 0 Å². The van der Waals surface area contributed by atoms with E-state index in [0.717, 1.165) is 23.5 Å². The monoisotopic (exact) mass is 378 g/mol. The summed E-state index contributed by atoms with van der Waals surface area (Å²) in [5.74, 6) is 0.110. The van der Waals surface area contributed by atoms with Crippen LogP contribution in [-0.4, -0.2) is 24.1 Å². The van der Waals surface area contributed by atoms with Crippen LogP contribution in [0.2, 0.25) is 0 Å². The second-order valence-corrected chi connectivity index (χ2v) is 8.57. The number of anilines is 1. The molecule has 8 heteroatoms. The zero-order valence-corrected chi connectivity index (χ0v) is 16.4. The number of hydrogen-bond donors (Lipinski definition) is 2. The van der Waals surface area contributed by atoms with Crippen LogP contribution in [0.4, 0.5) is 5.69 Å². The number of nitrogens with one attached hydrogen (secondary N) is 1. The Bertz CT molecular complexity index is 884. The molecule has 1 heterocycles. The lowest BCUT2D eigenvalue weighted by Gasteiger charge is -2.09. The number of nitrogens with zero attached hydrogens (tertiary/aromatic N) is 2. The molecule has 0 aliphatic carbocycles. The van der Waals surface area contributed by atoms with Crippen molar-refractivity contribution in [2.45, 2.75) is 46.4 Å². The third kappa shape index (κ3) is 5.67. The van der Waals surface area contributed by atoms with Gasteiger partial charge in [-0.1, -0.05) is 26.0 Å². The highest BCUT2D eigenvalue weighted by Crippen LogP contribution is 2.17. The topological polar surface area (TPSA) is 107 Å². The van der Waals surface area contributed by atoms with Crippen LogP contribution in [0, 0.1) is 19.8 Å². The molecule has 0 unspecified atom stereocenters. The van der Waals surface area contributed by atoms with Gasteiger partial charge < -0.3 is 5.32 Å². The number of aryl methyl sites for hydroxylation is 1. The maximum Gasteiger partial charge on any atom is 0.228 e. The van der Waals surface area contributed by atoms with Gasteiger partial charge in [0.25, 0.3) is 0 Å². The first-order chi connectivity index (χ1) is 12.0. The fraction of sp³-hybridized carbons (Fsp3) is 0.444. The first kappa shape index (κ1) is 20.1. The number of sulfonamides is 1. The Balaban J connectivity index is 2.04. The van der Waals surface area contributed by atoms with Crippen molar-refractivity contribution in [2.24, 2.45) is 11.1 Å². The molecule has 0 fully saturated rings. The Hall–Kier alpha value is -2.19. The molecule has 2 aromatic rings. The summed E-state index contributed by atoms with van der Waals surface area (Å²) in [6, 6.07) is 6.61. The largest absolute Gasteiger partial charge is 0.326 e. The van der Waals surface area contributed by atoms with E-state index in [1.165, 1.54) is 0 Å². The minimum absolute atomic E-state index is 0.139. The number of primary sulfonamides is 1. The fourth-order valence-electron chi connectivity index (χ4n) is 2.80. The molecule has 0 saturated carbocycles. The zero-order valence-electron chi connectivity index (χ0n) is 15.6. The molecule has 3 N–H and O–H groups in total. The van der Waals surface area contributed by atoms with Gasteiger partial charge in [-0.2, -0.15) is 5.10 Å². The van der Waals surface area contributed by atoms with Crippen molar-refractivity contribution in [3.63, 3.8) is 0 Å². The molecule has 2 rings (SSSR count). The maximum absolute atomic E-state index is 12.4. The lowest BCUT2D eigenvalue weighted by molar-refractivity contribution is -0.115. The zero-order chi connectivity index (χ0) is 19.5. The molecule has 7 nitrogen and oxygen atoms in total. The highest BCUT2D eigenvalue weighted by atomic mass is 32.2. The van der Waals surface area contributed by atoms with Gasteiger partial charge in [0, 0.05) is 23.5 Å². The van der Waals surface area contributed by atoms with Crippen molar-refractivity contribution in [3.8, 4) is 0 Å². The number of carbonyl (C=O) groups is 1. The van der Waals surface area contributed by atoms with Crippen molar-refractivity contribution >= 4 is 21.6 Å². The predicted molar refractivity (Wildman–Crippen MR) is 102 cm³/mol. The van der Waals surface area contributed by atoms with Crippen LogP contribution >= 0.6 is 0 Å². The van der Waals surface area contributed by atoms with Crippen LogP contribution in [0.15, 0.2) is 24.3 Å². The molecule has 0 bridgehead atoms. The van der Waals surface area contributed by atoms with Crippen molar-refractivity contribution in [1.82, 2.24) is 9.78 Å². The minimum atomic E-state index is -3.57. The van der Waals surface area contributed by atoms with Gasteiger partial charge in [-0.05, 0) is 37.5 Å². The summed E-state index contributed by atoms with van der Waals surface area (Å²) in [5.41, 5.74) is 4.00. The fourth-order valence-corrected chi connectivity index (χ4v) is 3.45. The Labute approximate surface area is 154 Å². The molecule has 1 amide bonds. The highest BCUT2D eigenvalue weighted by Gasteiger charge is 2.16. The third-order valence-electron chi connectivity index (χ3n) is 4.01. The van der Waals surface area contributed by atoms with Gasteiger partial charge >= 0.3 is 0 Å². The number of rotatable bonds is 7. The average molecular weight is 378 g/mol. The quantitative estimate of drug-likeness (QED) is 0.769. The Morgan fingerprint density at radius 2 is 1.85 bits per heavy atom. The van der Waals surface area contributed by atoms with E-state index >= 15 is 0 Å². The summed E-state index contributed by atoms with van der Waals surface area (Å²) >= 11 is 0. The number of nitrogens with two attached hydrogens (primary N) is 1. The van der Waals surface area contributed by atoms with Crippen LogP contribution in [0.25, 0.3) is 0 Å². The van der Waals surface area contributed by atoms with Crippen LogP contribution in [0.5, 0.6) is 0 Å². The lowest BCUT2D eigenvalue weighted by Crippen LogP contribution is -2.16. The van der Waals surface area contributed by atoms with E-state index in [2.05, 4.69) is 24.3 Å². The Kier molecular flexibility index (Phi) is 6.20. The van der Waals surface area contributed by atoms with E-state index in [1.54, 1.807) is 24.3 Å². The summed E-state index contributed by atoms with van der Waals surface area (Å²) in [6.07, 6.45) is 0.245. The van der Waals surface area contributed by atoms with Crippen molar-refractivity contribution < 1.29 is 13.2 Å². The molecule has 0 aliphatic rings. The van der Waals surface area contributed by atoms with E-state index < -0.39 is 10.0 Å². The van der Waals surface area contributed by atoms with E-state index in [0.29, 0.717) is 17.2 Å². The summed E-state index contributed by atoms with van der Waals surface area (Å²) in [6.45, 7) is 8.96. The van der Waals surface area contributed by atoms with Gasteiger partial charge in [0.2, 0.25) is 15.9 Å². The first-order valence-corrected chi connectivity index (χ1v) is 10.2. The number of amides is 1. The number of aromatic nitrogens is 2. The molecule has 0 radical (unpaired) electrons. The second kappa shape index (κ2) is 8.01. The molecule has 1 aromatic heterocycles. The lowest BCUT2D eigenvalue weighted by atomic mass is 10.1. The molecular formula is C18H26N4O3S. The van der Waals surface area contributed by atoms with Gasteiger partial charge in [-0.3, -0.25) is 9.48 Å². The second-order valence-electron chi connectivity index (χ2n) is 6.95. The molecule has 1 aromatic carbocycles. The van der Waals surface area contributed by atoms with Crippen LogP contribution in [0.1, 0.15) is 36.4 Å². The van der Waals surface area contributed by atoms with E-state index in [4.69, 9.17) is 5.14 Å². The summed E-state index contributed by atoms with van der Waals surface area (Å²) in [7, 11) is -3.57. The Morgan fingerprint density at radius 3 is 2.38 bits per heavy atom. The molecular weight excluding hydrogens is 352 g/mol. The normalized spacial score (nSPS) is 11.8. The summed E-state index contributed by atoms with van der Waals surface area (Å²) in [4.78, 5) is 12.4.